The van der Waals surface area contributed by atoms with Gasteiger partial charge in [-0.25, -0.2) is 0 Å². The number of hydrogen-bond donors (Lipinski definition) is 1. The highest BCUT2D eigenvalue weighted by atomic mass is 16.5. The molecule has 1 amide bonds. The molecule has 26 heavy (non-hydrogen) atoms. The highest BCUT2D eigenvalue weighted by Gasteiger charge is 2.29. The maximum atomic E-state index is 12.9. The lowest BCUT2D eigenvalue weighted by atomic mass is 10.1. The Balaban J connectivity index is 1.73. The Morgan fingerprint density at radius 1 is 1.27 bits per heavy atom. The summed E-state index contributed by atoms with van der Waals surface area (Å²) in [5.74, 6) is 0.380. The van der Waals surface area contributed by atoms with Crippen molar-refractivity contribution in [2.24, 2.45) is 0 Å². The Labute approximate surface area is 150 Å². The zero-order valence-corrected chi connectivity index (χ0v) is 14.4. The molecule has 4 rings (SSSR count). The van der Waals surface area contributed by atoms with Crippen molar-refractivity contribution in [1.29, 1.82) is 0 Å². The predicted molar refractivity (Wildman–Crippen MR) is 98.4 cm³/mol. The van der Waals surface area contributed by atoms with Crippen LogP contribution in [0.3, 0.4) is 0 Å². The van der Waals surface area contributed by atoms with Gasteiger partial charge < -0.3 is 14.6 Å². The molecule has 1 aliphatic carbocycles. The summed E-state index contributed by atoms with van der Waals surface area (Å²) < 4.78 is 6.87. The van der Waals surface area contributed by atoms with Crippen LogP contribution in [0.15, 0.2) is 53.5 Å². The van der Waals surface area contributed by atoms with Crippen molar-refractivity contribution in [3.8, 4) is 5.75 Å². The van der Waals surface area contributed by atoms with E-state index in [1.807, 2.05) is 18.2 Å². The molecule has 1 saturated carbocycles. The molecule has 0 bridgehead atoms. The smallest absolute Gasteiger partial charge is 0.268 e. The molecular formula is C20H19N3O3. The van der Waals surface area contributed by atoms with Crippen LogP contribution in [0.5, 0.6) is 5.75 Å². The Bertz CT molecular complexity index is 1020. The predicted octanol–water partition coefficient (Wildman–Crippen LogP) is 2.67. The fourth-order valence-corrected chi connectivity index (χ4v) is 3.07. The monoisotopic (exact) mass is 349 g/mol. The molecule has 132 valence electrons. The van der Waals surface area contributed by atoms with Crippen molar-refractivity contribution in [3.05, 3.63) is 70.4 Å². The van der Waals surface area contributed by atoms with Crippen molar-refractivity contribution in [1.82, 2.24) is 14.9 Å². The first-order valence-corrected chi connectivity index (χ1v) is 8.59. The minimum atomic E-state index is -0.274. The first-order valence-electron chi connectivity index (χ1n) is 8.59. The van der Waals surface area contributed by atoms with Gasteiger partial charge >= 0.3 is 0 Å². The van der Waals surface area contributed by atoms with Crippen LogP contribution in [0.1, 0.15) is 35.1 Å². The van der Waals surface area contributed by atoms with Gasteiger partial charge in [-0.3, -0.25) is 14.6 Å². The molecule has 0 saturated heterocycles. The van der Waals surface area contributed by atoms with Crippen LogP contribution in [0, 0.1) is 0 Å². The van der Waals surface area contributed by atoms with Crippen LogP contribution in [-0.2, 0) is 6.54 Å². The Morgan fingerprint density at radius 3 is 2.81 bits per heavy atom. The SMILES string of the molecule is COc1ccc2c(=O)n(C3CC3)c(C(=O)NCc3ccccn3)cc2c1. The Morgan fingerprint density at radius 2 is 2.12 bits per heavy atom. The van der Waals surface area contributed by atoms with E-state index in [2.05, 4.69) is 10.3 Å². The van der Waals surface area contributed by atoms with Crippen molar-refractivity contribution in [2.45, 2.75) is 25.4 Å². The lowest BCUT2D eigenvalue weighted by Gasteiger charge is -2.14. The van der Waals surface area contributed by atoms with Gasteiger partial charge in [0.2, 0.25) is 0 Å². The van der Waals surface area contributed by atoms with Gasteiger partial charge in [0.15, 0.2) is 0 Å². The average Bonchev–Trinajstić information content (AvgIpc) is 3.51. The summed E-state index contributed by atoms with van der Waals surface area (Å²) in [6.07, 6.45) is 3.52. The van der Waals surface area contributed by atoms with Gasteiger partial charge in [0.1, 0.15) is 11.4 Å². The molecule has 6 heteroatoms. The number of carbonyl (C=O) groups is 1. The summed E-state index contributed by atoms with van der Waals surface area (Å²) in [5, 5.41) is 4.17. The number of methoxy groups -OCH3 is 1. The summed E-state index contributed by atoms with van der Waals surface area (Å²) in [5.41, 5.74) is 1.02. The van der Waals surface area contributed by atoms with Gasteiger partial charge in [-0.15, -0.1) is 0 Å². The second kappa shape index (κ2) is 6.63. The standard InChI is InChI=1S/C20H19N3O3/c1-26-16-7-8-17-13(10-16)11-18(23(20(17)25)15-5-6-15)19(24)22-12-14-4-2-3-9-21-14/h2-4,7-11,15H,5-6,12H2,1H3,(H,22,24). The van der Waals surface area contributed by atoms with E-state index in [1.54, 1.807) is 42.1 Å². The summed E-state index contributed by atoms with van der Waals surface area (Å²) in [6, 6.07) is 12.7. The number of amides is 1. The van der Waals surface area contributed by atoms with E-state index >= 15 is 0 Å². The number of fused-ring (bicyclic) bond motifs is 1. The lowest BCUT2D eigenvalue weighted by Crippen LogP contribution is -2.32. The molecule has 0 atom stereocenters. The molecule has 0 radical (unpaired) electrons. The van der Waals surface area contributed by atoms with E-state index in [4.69, 9.17) is 4.74 Å². The molecule has 1 N–H and O–H groups in total. The van der Waals surface area contributed by atoms with Crippen LogP contribution in [-0.4, -0.2) is 22.6 Å². The highest BCUT2D eigenvalue weighted by Crippen LogP contribution is 2.35. The van der Waals surface area contributed by atoms with E-state index in [9.17, 15) is 9.59 Å². The fraction of sp³-hybridized carbons (Fsp3) is 0.250. The summed E-state index contributed by atoms with van der Waals surface area (Å²) in [7, 11) is 1.58. The third-order valence-corrected chi connectivity index (χ3v) is 4.56. The van der Waals surface area contributed by atoms with Gasteiger partial charge in [-0.05, 0) is 54.6 Å². The van der Waals surface area contributed by atoms with Crippen LogP contribution < -0.4 is 15.6 Å². The minimum Gasteiger partial charge on any atom is -0.497 e. The molecule has 2 heterocycles. The number of rotatable bonds is 5. The van der Waals surface area contributed by atoms with Gasteiger partial charge in [-0.2, -0.15) is 0 Å². The molecule has 0 aliphatic heterocycles. The summed E-state index contributed by atoms with van der Waals surface area (Å²) in [6.45, 7) is 0.314. The number of pyridine rings is 2. The maximum Gasteiger partial charge on any atom is 0.268 e. The molecule has 0 unspecified atom stereocenters. The Kier molecular flexibility index (Phi) is 4.16. The summed E-state index contributed by atoms with van der Waals surface area (Å²) >= 11 is 0. The second-order valence-corrected chi connectivity index (χ2v) is 6.39. The highest BCUT2D eigenvalue weighted by molar-refractivity contribution is 5.97. The van der Waals surface area contributed by atoms with Gasteiger partial charge in [0, 0.05) is 17.6 Å². The third kappa shape index (κ3) is 3.06. The fourth-order valence-electron chi connectivity index (χ4n) is 3.07. The number of nitrogens with one attached hydrogen (secondary N) is 1. The summed E-state index contributed by atoms with van der Waals surface area (Å²) in [4.78, 5) is 29.9. The van der Waals surface area contributed by atoms with E-state index in [1.165, 1.54) is 0 Å². The molecule has 1 aliphatic rings. The van der Waals surface area contributed by atoms with Crippen LogP contribution in [0.4, 0.5) is 0 Å². The van der Waals surface area contributed by atoms with Crippen LogP contribution in [0.2, 0.25) is 0 Å². The minimum absolute atomic E-state index is 0.101. The topological polar surface area (TPSA) is 73.2 Å². The van der Waals surface area contributed by atoms with Crippen LogP contribution >= 0.6 is 0 Å². The number of nitrogens with zero attached hydrogens (tertiary/aromatic N) is 2. The molecule has 1 fully saturated rings. The molecule has 2 aromatic heterocycles. The van der Waals surface area contributed by atoms with Gasteiger partial charge in [0.25, 0.3) is 11.5 Å². The van der Waals surface area contributed by atoms with Crippen molar-refractivity contribution < 1.29 is 9.53 Å². The Hall–Kier alpha value is -3.15. The first-order chi connectivity index (χ1) is 12.7. The lowest BCUT2D eigenvalue weighted by molar-refractivity contribution is 0.0939. The molecule has 6 nitrogen and oxygen atoms in total. The molecule has 1 aromatic carbocycles. The zero-order valence-electron chi connectivity index (χ0n) is 14.4. The zero-order chi connectivity index (χ0) is 18.1. The normalized spacial score (nSPS) is 13.6. The molecule has 0 spiro atoms. The van der Waals surface area contributed by atoms with E-state index in [0.717, 1.165) is 18.5 Å². The number of carbonyl (C=O) groups excluding carboxylic acids is 1. The number of ether oxygens (including phenoxy) is 1. The number of hydrogen-bond acceptors (Lipinski definition) is 4. The maximum absolute atomic E-state index is 12.9. The number of aromatic nitrogens is 2. The van der Waals surface area contributed by atoms with E-state index in [-0.39, 0.29) is 17.5 Å². The molecule has 3 aromatic rings. The van der Waals surface area contributed by atoms with Gasteiger partial charge in [0.05, 0.1) is 19.3 Å². The molecular weight excluding hydrogens is 330 g/mol. The first kappa shape index (κ1) is 16.3. The van der Waals surface area contributed by atoms with Gasteiger partial charge in [-0.1, -0.05) is 6.07 Å². The largest absolute Gasteiger partial charge is 0.497 e. The van der Waals surface area contributed by atoms with Crippen LogP contribution in [0.25, 0.3) is 10.8 Å². The average molecular weight is 349 g/mol. The van der Waals surface area contributed by atoms with Crippen molar-refractivity contribution in [2.75, 3.05) is 7.11 Å². The van der Waals surface area contributed by atoms with E-state index in [0.29, 0.717) is 28.8 Å². The third-order valence-electron chi connectivity index (χ3n) is 4.56. The quantitative estimate of drug-likeness (QED) is 0.769. The van der Waals surface area contributed by atoms with E-state index < -0.39 is 0 Å². The van der Waals surface area contributed by atoms with Crippen molar-refractivity contribution >= 4 is 16.7 Å². The van der Waals surface area contributed by atoms with Crippen molar-refractivity contribution in [3.63, 3.8) is 0 Å². The number of benzene rings is 1. The second-order valence-electron chi connectivity index (χ2n) is 6.39.